The number of nitrogens with zero attached hydrogens (tertiary/aromatic N) is 2. The summed E-state index contributed by atoms with van der Waals surface area (Å²) in [7, 11) is 1.67. The number of rotatable bonds is 7. The van der Waals surface area contributed by atoms with Crippen molar-refractivity contribution in [2.45, 2.75) is 44.6 Å². The van der Waals surface area contributed by atoms with E-state index in [2.05, 4.69) is 40.2 Å². The first kappa shape index (κ1) is 26.6. The van der Waals surface area contributed by atoms with Crippen LogP contribution in [0, 0.1) is 0 Å². The van der Waals surface area contributed by atoms with E-state index in [-0.39, 0.29) is 12.5 Å². The molecule has 2 fully saturated rings. The number of benzene rings is 2. The van der Waals surface area contributed by atoms with Crippen molar-refractivity contribution < 1.29 is 19.4 Å². The summed E-state index contributed by atoms with van der Waals surface area (Å²) in [5.41, 5.74) is 6.36. The second-order valence-electron chi connectivity index (χ2n) is 10.8. The van der Waals surface area contributed by atoms with E-state index in [9.17, 15) is 14.7 Å². The minimum absolute atomic E-state index is 0.0749. The van der Waals surface area contributed by atoms with E-state index in [1.165, 1.54) is 36.2 Å². The molecule has 2 N–H and O–H groups in total. The molecule has 1 saturated heterocycles. The number of piperazine rings is 1. The largest absolute Gasteiger partial charge is 0.497 e. The Hall–Kier alpha value is -3.62. The van der Waals surface area contributed by atoms with E-state index in [4.69, 9.17) is 4.74 Å². The van der Waals surface area contributed by atoms with Gasteiger partial charge in [-0.15, -0.1) is 11.3 Å². The number of carbonyl (C=O) groups is 2. The molecule has 208 valence electrons. The average Bonchev–Trinajstić information content (AvgIpc) is 3.56. The van der Waals surface area contributed by atoms with Gasteiger partial charge in [0, 0.05) is 26.2 Å². The molecule has 0 radical (unpaired) electrons. The molecule has 6 rings (SSSR count). The Morgan fingerprint density at radius 3 is 2.40 bits per heavy atom. The Balaban J connectivity index is 1.49. The third kappa shape index (κ3) is 5.13. The van der Waals surface area contributed by atoms with Crippen LogP contribution >= 0.6 is 11.3 Å². The number of fused-ring (bicyclic) bond motifs is 1. The number of methoxy groups -OCH3 is 1. The summed E-state index contributed by atoms with van der Waals surface area (Å²) in [6.07, 6.45) is 5.74. The maximum atomic E-state index is 13.6. The molecule has 2 aliphatic rings. The van der Waals surface area contributed by atoms with Crippen LogP contribution in [0.1, 0.15) is 53.3 Å². The van der Waals surface area contributed by atoms with Gasteiger partial charge in [-0.25, -0.2) is 4.79 Å². The molecular weight excluding hydrogens is 522 g/mol. The van der Waals surface area contributed by atoms with Crippen molar-refractivity contribution in [2.24, 2.45) is 0 Å². The predicted octanol–water partition coefficient (Wildman–Crippen LogP) is 6.22. The first-order valence-corrected chi connectivity index (χ1v) is 15.0. The van der Waals surface area contributed by atoms with Gasteiger partial charge in [0.05, 0.1) is 23.0 Å². The van der Waals surface area contributed by atoms with Crippen molar-refractivity contribution in [3.8, 4) is 28.1 Å². The smallest absolute Gasteiger partial charge is 0.345 e. The highest BCUT2D eigenvalue weighted by Crippen LogP contribution is 2.47. The molecule has 2 aromatic carbocycles. The van der Waals surface area contributed by atoms with Crippen LogP contribution in [0.3, 0.4) is 0 Å². The normalized spacial score (nSPS) is 16.4. The summed E-state index contributed by atoms with van der Waals surface area (Å²) in [5.74, 6) is 0.321. The van der Waals surface area contributed by atoms with Gasteiger partial charge >= 0.3 is 5.97 Å². The average molecular weight is 558 g/mol. The molecule has 1 saturated carbocycles. The van der Waals surface area contributed by atoms with Crippen molar-refractivity contribution in [3.05, 3.63) is 65.0 Å². The highest BCUT2D eigenvalue weighted by molar-refractivity contribution is 7.21. The molecule has 1 amide bonds. The standard InChI is InChI=1S/C32H35N3O4S/c1-39-25-9-5-8-24(18-25)21-10-12-23(13-11-21)30-29(22-6-3-2-4-7-22)31-26(19-27(40-31)32(37)38)35(30)20-28(36)34-16-14-33-15-17-34/h5,8-13,18-19,22,33H,2-4,6-7,14-17,20H2,1H3,(H,37,38). The van der Waals surface area contributed by atoms with Gasteiger partial charge in [0.15, 0.2) is 0 Å². The topological polar surface area (TPSA) is 83.8 Å². The molecule has 0 unspecified atom stereocenters. The van der Waals surface area contributed by atoms with Gasteiger partial charge in [0.1, 0.15) is 17.2 Å². The highest BCUT2D eigenvalue weighted by Gasteiger charge is 2.30. The lowest BCUT2D eigenvalue weighted by molar-refractivity contribution is -0.132. The number of aromatic carboxylic acids is 1. The van der Waals surface area contributed by atoms with E-state index in [0.717, 1.165) is 64.3 Å². The summed E-state index contributed by atoms with van der Waals surface area (Å²) in [6.45, 7) is 3.16. The molecule has 2 aromatic heterocycles. The fraction of sp³-hybridized carbons (Fsp3) is 0.375. The summed E-state index contributed by atoms with van der Waals surface area (Å²) in [4.78, 5) is 27.8. The third-order valence-corrected chi connectivity index (χ3v) is 9.47. The van der Waals surface area contributed by atoms with Crippen molar-refractivity contribution in [3.63, 3.8) is 0 Å². The van der Waals surface area contributed by atoms with Crippen LogP contribution in [0.5, 0.6) is 5.75 Å². The van der Waals surface area contributed by atoms with Crippen LogP contribution in [-0.4, -0.2) is 59.7 Å². The van der Waals surface area contributed by atoms with Gasteiger partial charge in [0.2, 0.25) is 5.91 Å². The molecule has 0 atom stereocenters. The van der Waals surface area contributed by atoms with Crippen LogP contribution < -0.4 is 10.1 Å². The van der Waals surface area contributed by atoms with E-state index >= 15 is 0 Å². The summed E-state index contributed by atoms with van der Waals surface area (Å²) in [6, 6.07) is 18.3. The molecule has 0 spiro atoms. The number of carboxylic acid groups (broad SMARTS) is 1. The fourth-order valence-electron chi connectivity index (χ4n) is 6.27. The molecule has 40 heavy (non-hydrogen) atoms. The number of amides is 1. The highest BCUT2D eigenvalue weighted by atomic mass is 32.1. The lowest BCUT2D eigenvalue weighted by Gasteiger charge is -2.28. The number of hydrogen-bond acceptors (Lipinski definition) is 5. The molecule has 3 heterocycles. The molecule has 4 aromatic rings. The van der Waals surface area contributed by atoms with Gasteiger partial charge in [-0.2, -0.15) is 0 Å². The first-order valence-electron chi connectivity index (χ1n) is 14.2. The van der Waals surface area contributed by atoms with Crippen LogP contribution in [-0.2, 0) is 11.3 Å². The molecule has 8 heteroatoms. The van der Waals surface area contributed by atoms with Crippen molar-refractivity contribution in [1.29, 1.82) is 0 Å². The third-order valence-electron chi connectivity index (χ3n) is 8.32. The zero-order valence-electron chi connectivity index (χ0n) is 22.8. The maximum Gasteiger partial charge on any atom is 0.345 e. The monoisotopic (exact) mass is 557 g/mol. The fourth-order valence-corrected chi connectivity index (χ4v) is 7.40. The zero-order chi connectivity index (χ0) is 27.6. The number of aromatic nitrogens is 1. The van der Waals surface area contributed by atoms with Crippen molar-refractivity contribution in [2.75, 3.05) is 33.3 Å². The van der Waals surface area contributed by atoms with E-state index < -0.39 is 5.97 Å². The summed E-state index contributed by atoms with van der Waals surface area (Å²) in [5, 5.41) is 13.2. The lowest BCUT2D eigenvalue weighted by Crippen LogP contribution is -2.47. The molecule has 7 nitrogen and oxygen atoms in total. The van der Waals surface area contributed by atoms with Crippen LogP contribution in [0.25, 0.3) is 32.6 Å². The Morgan fingerprint density at radius 2 is 1.70 bits per heavy atom. The van der Waals surface area contributed by atoms with Crippen molar-refractivity contribution in [1.82, 2.24) is 14.8 Å². The summed E-state index contributed by atoms with van der Waals surface area (Å²) >= 11 is 1.35. The second kappa shape index (κ2) is 11.5. The van der Waals surface area contributed by atoms with E-state index in [1.54, 1.807) is 13.2 Å². The molecule has 1 aliphatic carbocycles. The minimum Gasteiger partial charge on any atom is -0.497 e. The van der Waals surface area contributed by atoms with Gasteiger partial charge in [0.25, 0.3) is 0 Å². The SMILES string of the molecule is COc1cccc(-c2ccc(-c3c(C4CCCCC4)c4sc(C(=O)O)cc4n3CC(=O)N3CCNCC3)cc2)c1. The number of nitrogens with one attached hydrogen (secondary N) is 1. The Morgan fingerprint density at radius 1 is 0.975 bits per heavy atom. The quantitative estimate of drug-likeness (QED) is 0.282. The van der Waals surface area contributed by atoms with Crippen LogP contribution in [0.4, 0.5) is 0 Å². The lowest BCUT2D eigenvalue weighted by atomic mass is 9.83. The first-order chi connectivity index (χ1) is 19.5. The Kier molecular flexibility index (Phi) is 7.63. The summed E-state index contributed by atoms with van der Waals surface area (Å²) < 4.78 is 8.54. The van der Waals surface area contributed by atoms with Crippen molar-refractivity contribution >= 4 is 33.4 Å². The second-order valence-corrected chi connectivity index (χ2v) is 11.8. The van der Waals surface area contributed by atoms with Crippen LogP contribution in [0.2, 0.25) is 0 Å². The number of ether oxygens (including phenoxy) is 1. The minimum atomic E-state index is -0.917. The van der Waals surface area contributed by atoms with Gasteiger partial charge in [-0.05, 0) is 59.2 Å². The Labute approximate surface area is 238 Å². The molecular formula is C32H35N3O4S. The maximum absolute atomic E-state index is 13.6. The predicted molar refractivity (Wildman–Crippen MR) is 159 cm³/mol. The van der Waals surface area contributed by atoms with Gasteiger partial charge in [-0.1, -0.05) is 55.7 Å². The molecule has 0 bridgehead atoms. The van der Waals surface area contributed by atoms with Crippen LogP contribution in [0.15, 0.2) is 54.6 Å². The number of hydrogen-bond donors (Lipinski definition) is 2. The van der Waals surface area contributed by atoms with E-state index in [0.29, 0.717) is 23.9 Å². The number of carbonyl (C=O) groups excluding carboxylic acids is 1. The zero-order valence-corrected chi connectivity index (χ0v) is 23.6. The number of carboxylic acids is 1. The number of thiophene rings is 1. The molecule has 1 aliphatic heterocycles. The van der Waals surface area contributed by atoms with Gasteiger partial charge in [-0.3, -0.25) is 4.79 Å². The Bertz CT molecular complexity index is 1530. The van der Waals surface area contributed by atoms with Gasteiger partial charge < -0.3 is 24.6 Å². The van der Waals surface area contributed by atoms with E-state index in [1.807, 2.05) is 23.1 Å².